The minimum absolute atomic E-state index is 0.0389. The van der Waals surface area contributed by atoms with E-state index in [2.05, 4.69) is 14.7 Å². The summed E-state index contributed by atoms with van der Waals surface area (Å²) >= 11 is 0. The van der Waals surface area contributed by atoms with E-state index in [-0.39, 0.29) is 12.0 Å². The van der Waals surface area contributed by atoms with Gasteiger partial charge in [-0.25, -0.2) is 4.98 Å². The number of hydrogen-bond donors (Lipinski definition) is 1. The highest BCUT2D eigenvalue weighted by molar-refractivity contribution is 5.72. The molecule has 0 aliphatic heterocycles. The third-order valence-electron chi connectivity index (χ3n) is 1.82. The molecule has 5 heteroatoms. The Balaban J connectivity index is 2.89. The average molecular weight is 196 g/mol. The third-order valence-corrected chi connectivity index (χ3v) is 1.82. The Labute approximate surface area is 81.1 Å². The van der Waals surface area contributed by atoms with Crippen LogP contribution < -0.4 is 5.56 Å². The highest BCUT2D eigenvalue weighted by Gasteiger charge is 2.07. The van der Waals surface area contributed by atoms with Gasteiger partial charge in [0.25, 0.3) is 5.56 Å². The zero-order valence-corrected chi connectivity index (χ0v) is 8.16. The van der Waals surface area contributed by atoms with E-state index >= 15 is 0 Å². The van der Waals surface area contributed by atoms with Crippen molar-refractivity contribution in [3.05, 3.63) is 27.9 Å². The molecule has 1 heterocycles. The van der Waals surface area contributed by atoms with E-state index in [9.17, 15) is 9.59 Å². The van der Waals surface area contributed by atoms with E-state index < -0.39 is 5.97 Å². The summed E-state index contributed by atoms with van der Waals surface area (Å²) in [4.78, 5) is 28.8. The number of hydrogen-bond acceptors (Lipinski definition) is 4. The van der Waals surface area contributed by atoms with Crippen LogP contribution in [-0.2, 0) is 22.4 Å². The van der Waals surface area contributed by atoms with Gasteiger partial charge in [-0.1, -0.05) is 6.92 Å². The first kappa shape index (κ1) is 10.4. The van der Waals surface area contributed by atoms with Crippen molar-refractivity contribution in [3.8, 4) is 0 Å². The van der Waals surface area contributed by atoms with Gasteiger partial charge >= 0.3 is 5.97 Å². The minimum Gasteiger partial charge on any atom is -0.469 e. The van der Waals surface area contributed by atoms with Gasteiger partial charge in [-0.3, -0.25) is 9.59 Å². The summed E-state index contributed by atoms with van der Waals surface area (Å²) in [6.45, 7) is 1.89. The maximum atomic E-state index is 11.3. The number of nitrogens with zero attached hydrogens (tertiary/aromatic N) is 1. The van der Waals surface area contributed by atoms with Crippen molar-refractivity contribution in [2.75, 3.05) is 7.11 Å². The molecular weight excluding hydrogens is 184 g/mol. The van der Waals surface area contributed by atoms with Gasteiger partial charge in [-0.15, -0.1) is 0 Å². The highest BCUT2D eigenvalue weighted by atomic mass is 16.5. The molecule has 1 rings (SSSR count). The molecule has 0 spiro atoms. The van der Waals surface area contributed by atoms with E-state index in [1.807, 2.05) is 6.92 Å². The number of aromatic amines is 1. The molecular formula is C9H12N2O3. The van der Waals surface area contributed by atoms with Crippen LogP contribution in [0.5, 0.6) is 0 Å². The molecule has 5 nitrogen and oxygen atoms in total. The molecule has 0 aromatic carbocycles. The number of aromatic nitrogens is 2. The lowest BCUT2D eigenvalue weighted by Crippen LogP contribution is -2.19. The largest absolute Gasteiger partial charge is 0.469 e. The summed E-state index contributed by atoms with van der Waals surface area (Å²) in [6, 6.07) is 0. The molecule has 0 amide bonds. The lowest BCUT2D eigenvalue weighted by molar-refractivity contribution is -0.139. The van der Waals surface area contributed by atoms with E-state index in [4.69, 9.17) is 0 Å². The first-order valence-corrected chi connectivity index (χ1v) is 4.31. The summed E-state index contributed by atoms with van der Waals surface area (Å²) in [5, 5.41) is 0. The van der Waals surface area contributed by atoms with Crippen LogP contribution in [0.3, 0.4) is 0 Å². The molecule has 0 unspecified atom stereocenters. The number of methoxy groups -OCH3 is 1. The van der Waals surface area contributed by atoms with Crippen LogP contribution in [0, 0.1) is 0 Å². The molecule has 0 aliphatic rings. The van der Waals surface area contributed by atoms with Gasteiger partial charge in [-0.2, -0.15) is 0 Å². The van der Waals surface area contributed by atoms with Gasteiger partial charge in [-0.05, 0) is 0 Å². The molecule has 0 radical (unpaired) electrons. The van der Waals surface area contributed by atoms with Crippen molar-refractivity contribution < 1.29 is 9.53 Å². The molecule has 0 fully saturated rings. The van der Waals surface area contributed by atoms with Crippen molar-refractivity contribution in [3.63, 3.8) is 0 Å². The van der Waals surface area contributed by atoms with Crippen molar-refractivity contribution in [1.29, 1.82) is 0 Å². The SMILES string of the molecule is CCc1ncc(CC(=O)OC)c(=O)[nH]1. The van der Waals surface area contributed by atoms with E-state index in [1.54, 1.807) is 0 Å². The third kappa shape index (κ3) is 2.42. The topological polar surface area (TPSA) is 72.0 Å². The summed E-state index contributed by atoms with van der Waals surface area (Å²) in [5.41, 5.74) is 0.0521. The molecule has 1 N–H and O–H groups in total. The number of carbonyl (C=O) groups excluding carboxylic acids is 1. The van der Waals surface area contributed by atoms with E-state index in [0.29, 0.717) is 17.8 Å². The molecule has 0 saturated heterocycles. The fraction of sp³-hybridized carbons (Fsp3) is 0.444. The number of rotatable bonds is 3. The van der Waals surface area contributed by atoms with Crippen molar-refractivity contribution in [1.82, 2.24) is 9.97 Å². The number of ether oxygens (including phenoxy) is 1. The molecule has 1 aromatic heterocycles. The number of carbonyl (C=O) groups is 1. The highest BCUT2D eigenvalue weighted by Crippen LogP contribution is 1.93. The maximum absolute atomic E-state index is 11.3. The quantitative estimate of drug-likeness (QED) is 0.693. The predicted octanol–water partition coefficient (Wildman–Crippen LogP) is 0.0478. The maximum Gasteiger partial charge on any atom is 0.310 e. The van der Waals surface area contributed by atoms with Crippen LogP contribution in [0.2, 0.25) is 0 Å². The van der Waals surface area contributed by atoms with Crippen LogP contribution in [0.25, 0.3) is 0 Å². The standard InChI is InChI=1S/C9H12N2O3/c1-3-7-10-5-6(9(13)11-7)4-8(12)14-2/h5H,3-4H2,1-2H3,(H,10,11,13). The van der Waals surface area contributed by atoms with Gasteiger partial charge in [0.05, 0.1) is 13.5 Å². The Morgan fingerprint density at radius 1 is 1.64 bits per heavy atom. The van der Waals surface area contributed by atoms with Crippen LogP contribution in [0.4, 0.5) is 0 Å². The Morgan fingerprint density at radius 2 is 2.36 bits per heavy atom. The summed E-state index contributed by atoms with van der Waals surface area (Å²) < 4.78 is 4.45. The van der Waals surface area contributed by atoms with Gasteiger partial charge in [0, 0.05) is 18.2 Å². The smallest absolute Gasteiger partial charge is 0.310 e. The molecule has 0 bridgehead atoms. The number of nitrogens with one attached hydrogen (secondary N) is 1. The minimum atomic E-state index is -0.443. The van der Waals surface area contributed by atoms with Crippen LogP contribution in [0.15, 0.2) is 11.0 Å². The fourth-order valence-electron chi connectivity index (χ4n) is 0.991. The Hall–Kier alpha value is -1.65. The average Bonchev–Trinajstić information content (AvgIpc) is 2.20. The van der Waals surface area contributed by atoms with Crippen LogP contribution in [-0.4, -0.2) is 23.0 Å². The van der Waals surface area contributed by atoms with Crippen LogP contribution >= 0.6 is 0 Å². The zero-order valence-electron chi connectivity index (χ0n) is 8.16. The molecule has 76 valence electrons. The van der Waals surface area contributed by atoms with Crippen molar-refractivity contribution in [2.45, 2.75) is 19.8 Å². The molecule has 1 aromatic rings. The van der Waals surface area contributed by atoms with E-state index in [0.717, 1.165) is 0 Å². The summed E-state index contributed by atoms with van der Waals surface area (Å²) in [7, 11) is 1.28. The molecule has 14 heavy (non-hydrogen) atoms. The Kier molecular flexibility index (Phi) is 3.39. The second kappa shape index (κ2) is 4.55. The Morgan fingerprint density at radius 3 is 2.86 bits per heavy atom. The van der Waals surface area contributed by atoms with Gasteiger partial charge in [0.1, 0.15) is 5.82 Å². The molecule has 0 atom stereocenters. The number of H-pyrrole nitrogens is 1. The van der Waals surface area contributed by atoms with Crippen LogP contribution in [0.1, 0.15) is 18.3 Å². The van der Waals surface area contributed by atoms with Gasteiger partial charge in [0.15, 0.2) is 0 Å². The fourth-order valence-corrected chi connectivity index (χ4v) is 0.991. The first-order valence-electron chi connectivity index (χ1n) is 4.31. The van der Waals surface area contributed by atoms with E-state index in [1.165, 1.54) is 13.3 Å². The zero-order chi connectivity index (χ0) is 10.6. The van der Waals surface area contributed by atoms with Gasteiger partial charge in [0.2, 0.25) is 0 Å². The molecule has 0 aliphatic carbocycles. The Bertz CT molecular complexity index is 384. The monoisotopic (exact) mass is 196 g/mol. The lowest BCUT2D eigenvalue weighted by atomic mass is 10.2. The van der Waals surface area contributed by atoms with Crippen molar-refractivity contribution >= 4 is 5.97 Å². The summed E-state index contributed by atoms with van der Waals surface area (Å²) in [6.07, 6.45) is 2.03. The predicted molar refractivity (Wildman–Crippen MR) is 50.0 cm³/mol. The first-order chi connectivity index (χ1) is 6.67. The lowest BCUT2D eigenvalue weighted by Gasteiger charge is -2.00. The number of aryl methyl sites for hydroxylation is 1. The second-order valence-corrected chi connectivity index (χ2v) is 2.79. The second-order valence-electron chi connectivity index (χ2n) is 2.79. The number of esters is 1. The van der Waals surface area contributed by atoms with Crippen molar-refractivity contribution in [2.24, 2.45) is 0 Å². The normalized spacial score (nSPS) is 9.86. The molecule has 0 saturated carbocycles. The summed E-state index contributed by atoms with van der Waals surface area (Å²) in [5.74, 6) is 0.171. The van der Waals surface area contributed by atoms with Gasteiger partial charge < -0.3 is 9.72 Å².